The first kappa shape index (κ1) is 7.54. The molecule has 3 nitrogen and oxygen atoms in total. The summed E-state index contributed by atoms with van der Waals surface area (Å²) in [4.78, 5) is 10.3. The lowest BCUT2D eigenvalue weighted by atomic mass is 9.86. The fourth-order valence-electron chi connectivity index (χ4n) is 1.38. The molecule has 1 heterocycles. The summed E-state index contributed by atoms with van der Waals surface area (Å²) in [6.07, 6.45) is 1.28. The largest absolute Gasteiger partial charge is 0.481 e. The zero-order valence-electron chi connectivity index (χ0n) is 6.18. The van der Waals surface area contributed by atoms with E-state index in [1.54, 1.807) is 0 Å². The lowest BCUT2D eigenvalue weighted by Gasteiger charge is -2.18. The molecule has 0 aliphatic carbocycles. The molecule has 0 saturated carbocycles. The van der Waals surface area contributed by atoms with Crippen molar-refractivity contribution in [3.05, 3.63) is 0 Å². The minimum atomic E-state index is -0.689. The molecule has 1 aliphatic heterocycles. The highest BCUT2D eigenvalue weighted by Gasteiger charge is 2.30. The number of rotatable bonds is 2. The van der Waals surface area contributed by atoms with Gasteiger partial charge in [0.25, 0.3) is 0 Å². The molecule has 1 unspecified atom stereocenters. The van der Waals surface area contributed by atoms with E-state index in [9.17, 15) is 4.79 Å². The lowest BCUT2D eigenvalue weighted by molar-refractivity contribution is -0.139. The predicted octanol–water partition coefficient (Wildman–Crippen LogP) is 0.461. The zero-order valence-corrected chi connectivity index (χ0v) is 6.18. The Labute approximate surface area is 60.4 Å². The van der Waals surface area contributed by atoms with Gasteiger partial charge in [-0.1, -0.05) is 6.92 Å². The maximum absolute atomic E-state index is 10.3. The van der Waals surface area contributed by atoms with Crippen molar-refractivity contribution in [3.8, 4) is 0 Å². The Morgan fingerprint density at radius 3 is 2.90 bits per heavy atom. The fourth-order valence-corrected chi connectivity index (χ4v) is 1.38. The molecule has 0 aromatic carbocycles. The highest BCUT2D eigenvalue weighted by Crippen LogP contribution is 2.28. The van der Waals surface area contributed by atoms with Gasteiger partial charge in [-0.05, 0) is 18.4 Å². The standard InChI is InChI=1S/C7H13NO2/c1-7(4-6(9)10)2-3-8-5-7/h8H,2-5H2,1H3,(H,9,10). The third kappa shape index (κ3) is 1.70. The Hall–Kier alpha value is -0.570. The third-order valence-electron chi connectivity index (χ3n) is 2.04. The summed E-state index contributed by atoms with van der Waals surface area (Å²) in [5.74, 6) is -0.689. The molecular formula is C7H13NO2. The Kier molecular flexibility index (Phi) is 1.94. The quantitative estimate of drug-likeness (QED) is 0.590. The maximum Gasteiger partial charge on any atom is 0.303 e. The van der Waals surface area contributed by atoms with Gasteiger partial charge in [-0.2, -0.15) is 0 Å². The van der Waals surface area contributed by atoms with Gasteiger partial charge < -0.3 is 10.4 Å². The molecule has 3 heteroatoms. The van der Waals surface area contributed by atoms with Crippen LogP contribution >= 0.6 is 0 Å². The molecule has 0 amide bonds. The molecule has 58 valence electrons. The van der Waals surface area contributed by atoms with Gasteiger partial charge in [0.2, 0.25) is 0 Å². The second kappa shape index (κ2) is 2.58. The first-order chi connectivity index (χ1) is 4.62. The molecule has 1 fully saturated rings. The van der Waals surface area contributed by atoms with Crippen molar-refractivity contribution in [2.24, 2.45) is 5.41 Å². The molecule has 0 aromatic heterocycles. The van der Waals surface area contributed by atoms with E-state index in [-0.39, 0.29) is 5.41 Å². The Morgan fingerprint density at radius 2 is 2.50 bits per heavy atom. The number of hydrogen-bond donors (Lipinski definition) is 2. The van der Waals surface area contributed by atoms with Gasteiger partial charge in [-0.25, -0.2) is 0 Å². The van der Waals surface area contributed by atoms with Gasteiger partial charge in [-0.15, -0.1) is 0 Å². The van der Waals surface area contributed by atoms with Gasteiger partial charge in [0.05, 0.1) is 6.42 Å². The van der Waals surface area contributed by atoms with Crippen molar-refractivity contribution in [2.45, 2.75) is 19.8 Å². The first-order valence-electron chi connectivity index (χ1n) is 3.55. The van der Waals surface area contributed by atoms with Gasteiger partial charge in [-0.3, -0.25) is 4.79 Å². The smallest absolute Gasteiger partial charge is 0.303 e. The van der Waals surface area contributed by atoms with E-state index in [4.69, 9.17) is 5.11 Å². The molecule has 2 N–H and O–H groups in total. The minimum Gasteiger partial charge on any atom is -0.481 e. The number of nitrogens with one attached hydrogen (secondary N) is 1. The van der Waals surface area contributed by atoms with Crippen molar-refractivity contribution in [1.82, 2.24) is 5.32 Å². The van der Waals surface area contributed by atoms with Crippen LogP contribution in [0.2, 0.25) is 0 Å². The topological polar surface area (TPSA) is 49.3 Å². The van der Waals surface area contributed by atoms with Crippen molar-refractivity contribution in [2.75, 3.05) is 13.1 Å². The number of carbonyl (C=O) groups is 1. The highest BCUT2D eigenvalue weighted by atomic mass is 16.4. The van der Waals surface area contributed by atoms with Crippen LogP contribution in [0, 0.1) is 5.41 Å². The zero-order chi connectivity index (χ0) is 7.61. The number of carboxylic acid groups (broad SMARTS) is 1. The molecule has 0 aromatic rings. The van der Waals surface area contributed by atoms with Crippen LogP contribution in [-0.4, -0.2) is 24.2 Å². The molecule has 0 spiro atoms. The van der Waals surface area contributed by atoms with Crippen LogP contribution in [0.1, 0.15) is 19.8 Å². The number of hydrogen-bond acceptors (Lipinski definition) is 2. The SMILES string of the molecule is CC1(CC(=O)O)CCNC1. The maximum atomic E-state index is 10.3. The summed E-state index contributed by atoms with van der Waals surface area (Å²) in [6.45, 7) is 3.82. The van der Waals surface area contributed by atoms with Gasteiger partial charge in [0.1, 0.15) is 0 Å². The monoisotopic (exact) mass is 143 g/mol. The van der Waals surface area contributed by atoms with E-state index in [1.165, 1.54) is 0 Å². The summed E-state index contributed by atoms with van der Waals surface area (Å²) >= 11 is 0. The Bertz CT molecular complexity index is 139. The summed E-state index contributed by atoms with van der Waals surface area (Å²) < 4.78 is 0. The summed E-state index contributed by atoms with van der Waals surface area (Å²) in [5.41, 5.74) is 0.00579. The van der Waals surface area contributed by atoms with Gasteiger partial charge in [0.15, 0.2) is 0 Å². The normalized spacial score (nSPS) is 32.5. The average molecular weight is 143 g/mol. The summed E-state index contributed by atoms with van der Waals surface area (Å²) in [7, 11) is 0. The second-order valence-corrected chi connectivity index (χ2v) is 3.31. The van der Waals surface area contributed by atoms with Crippen LogP contribution in [0.25, 0.3) is 0 Å². The van der Waals surface area contributed by atoms with Crippen LogP contribution in [0.3, 0.4) is 0 Å². The second-order valence-electron chi connectivity index (χ2n) is 3.31. The third-order valence-corrected chi connectivity index (χ3v) is 2.04. The van der Waals surface area contributed by atoms with Gasteiger partial charge >= 0.3 is 5.97 Å². The lowest BCUT2D eigenvalue weighted by Crippen LogP contribution is -2.23. The minimum absolute atomic E-state index is 0.00579. The molecular weight excluding hydrogens is 130 g/mol. The van der Waals surface area contributed by atoms with Crippen LogP contribution in [0.5, 0.6) is 0 Å². The van der Waals surface area contributed by atoms with Crippen LogP contribution in [-0.2, 0) is 4.79 Å². The van der Waals surface area contributed by atoms with Crippen molar-refractivity contribution >= 4 is 5.97 Å². The fraction of sp³-hybridized carbons (Fsp3) is 0.857. The number of carboxylic acids is 1. The molecule has 1 aliphatic rings. The molecule has 0 bridgehead atoms. The molecule has 1 saturated heterocycles. The molecule has 0 radical (unpaired) electrons. The first-order valence-corrected chi connectivity index (χ1v) is 3.55. The average Bonchev–Trinajstić information content (AvgIpc) is 2.12. The molecule has 1 rings (SSSR count). The Morgan fingerprint density at radius 1 is 1.80 bits per heavy atom. The van der Waals surface area contributed by atoms with Crippen LogP contribution in [0.15, 0.2) is 0 Å². The highest BCUT2D eigenvalue weighted by molar-refractivity contribution is 5.67. The number of aliphatic carboxylic acids is 1. The van der Waals surface area contributed by atoms with Crippen molar-refractivity contribution in [1.29, 1.82) is 0 Å². The van der Waals surface area contributed by atoms with Gasteiger partial charge in [0, 0.05) is 6.54 Å². The van der Waals surface area contributed by atoms with E-state index < -0.39 is 5.97 Å². The summed E-state index contributed by atoms with van der Waals surface area (Å²) in [5, 5.41) is 11.7. The molecule has 10 heavy (non-hydrogen) atoms. The van der Waals surface area contributed by atoms with Crippen molar-refractivity contribution in [3.63, 3.8) is 0 Å². The molecule has 1 atom stereocenters. The summed E-state index contributed by atoms with van der Waals surface area (Å²) in [6, 6.07) is 0. The van der Waals surface area contributed by atoms with E-state index >= 15 is 0 Å². The van der Waals surface area contributed by atoms with E-state index in [0.717, 1.165) is 19.5 Å². The van der Waals surface area contributed by atoms with E-state index in [2.05, 4.69) is 5.32 Å². The van der Waals surface area contributed by atoms with Crippen LogP contribution in [0.4, 0.5) is 0 Å². The van der Waals surface area contributed by atoms with E-state index in [0.29, 0.717) is 6.42 Å². The van der Waals surface area contributed by atoms with Crippen LogP contribution < -0.4 is 5.32 Å². The van der Waals surface area contributed by atoms with E-state index in [1.807, 2.05) is 6.92 Å². The van der Waals surface area contributed by atoms with Crippen molar-refractivity contribution < 1.29 is 9.90 Å². The predicted molar refractivity (Wildman–Crippen MR) is 37.8 cm³/mol. The Balaban J connectivity index is 2.43.